The molecule has 0 spiro atoms. The second kappa shape index (κ2) is 5.12. The molecule has 98 valence electrons. The van der Waals surface area contributed by atoms with Gasteiger partial charge in [-0.05, 0) is 31.4 Å². The molecule has 1 aliphatic carbocycles. The first-order chi connectivity index (χ1) is 8.59. The van der Waals surface area contributed by atoms with Gasteiger partial charge < -0.3 is 4.42 Å². The zero-order chi connectivity index (χ0) is 13.2. The van der Waals surface area contributed by atoms with Crippen molar-refractivity contribution in [1.29, 1.82) is 5.26 Å². The summed E-state index contributed by atoms with van der Waals surface area (Å²) in [4.78, 5) is 0. The van der Waals surface area contributed by atoms with E-state index in [1.807, 2.05) is 6.07 Å². The predicted molar refractivity (Wildman–Crippen MR) is 65.9 cm³/mol. The van der Waals surface area contributed by atoms with Crippen molar-refractivity contribution in [2.45, 2.75) is 44.0 Å². The highest BCUT2D eigenvalue weighted by atomic mass is 32.2. The van der Waals surface area contributed by atoms with Gasteiger partial charge >= 0.3 is 0 Å². The first-order valence-corrected chi connectivity index (χ1v) is 7.52. The SMILES string of the molecule is CCC(C#N)S(=O)(=O)N(Cc1ccco1)C1CC1. The van der Waals surface area contributed by atoms with Crippen LogP contribution in [0.1, 0.15) is 31.9 Å². The topological polar surface area (TPSA) is 74.3 Å². The Bertz CT molecular complexity index is 526. The van der Waals surface area contributed by atoms with Crippen LogP contribution < -0.4 is 0 Å². The molecule has 1 atom stereocenters. The number of nitrogens with zero attached hydrogens (tertiary/aromatic N) is 2. The Balaban J connectivity index is 2.22. The molecule has 0 saturated heterocycles. The maximum Gasteiger partial charge on any atom is 0.231 e. The lowest BCUT2D eigenvalue weighted by atomic mass is 10.4. The van der Waals surface area contributed by atoms with Crippen molar-refractivity contribution in [2.75, 3.05) is 0 Å². The number of sulfonamides is 1. The summed E-state index contributed by atoms with van der Waals surface area (Å²) in [6, 6.07) is 5.38. The van der Waals surface area contributed by atoms with E-state index in [1.165, 1.54) is 10.6 Å². The van der Waals surface area contributed by atoms with E-state index in [1.54, 1.807) is 19.1 Å². The molecule has 0 bridgehead atoms. The highest BCUT2D eigenvalue weighted by Gasteiger charge is 2.41. The number of rotatable bonds is 6. The average Bonchev–Trinajstić information content (AvgIpc) is 3.04. The average molecular weight is 268 g/mol. The molecule has 1 heterocycles. The molecule has 2 rings (SSSR count). The van der Waals surface area contributed by atoms with Crippen molar-refractivity contribution in [3.05, 3.63) is 24.2 Å². The Kier molecular flexibility index (Phi) is 3.73. The van der Waals surface area contributed by atoms with Gasteiger partial charge in [0, 0.05) is 6.04 Å². The van der Waals surface area contributed by atoms with Gasteiger partial charge in [-0.2, -0.15) is 9.57 Å². The molecule has 1 aromatic rings. The Morgan fingerprint density at radius 3 is 2.78 bits per heavy atom. The standard InChI is InChI=1S/C12H16N2O3S/c1-2-12(8-13)18(15,16)14(10-5-6-10)9-11-4-3-7-17-11/h3-4,7,10,12H,2,5-6,9H2,1H3. The maximum absolute atomic E-state index is 12.4. The van der Waals surface area contributed by atoms with Crippen LogP contribution in [0.15, 0.2) is 22.8 Å². The summed E-state index contributed by atoms with van der Waals surface area (Å²) in [5.74, 6) is 0.610. The van der Waals surface area contributed by atoms with Gasteiger partial charge in [0.05, 0.1) is 18.9 Å². The molecule has 6 heteroatoms. The van der Waals surface area contributed by atoms with Crippen LogP contribution in [0.4, 0.5) is 0 Å². The molecular weight excluding hydrogens is 252 g/mol. The minimum Gasteiger partial charge on any atom is -0.468 e. The molecule has 0 aromatic carbocycles. The van der Waals surface area contributed by atoms with Gasteiger partial charge in [-0.25, -0.2) is 8.42 Å². The second-order valence-electron chi connectivity index (χ2n) is 4.43. The van der Waals surface area contributed by atoms with Crippen LogP contribution in [-0.2, 0) is 16.6 Å². The summed E-state index contributed by atoms with van der Waals surface area (Å²) in [5.41, 5.74) is 0. The Hall–Kier alpha value is -1.32. The molecule has 5 nitrogen and oxygen atoms in total. The van der Waals surface area contributed by atoms with Gasteiger partial charge in [-0.3, -0.25) is 0 Å². The molecule has 0 N–H and O–H groups in total. The Morgan fingerprint density at radius 2 is 2.33 bits per heavy atom. The van der Waals surface area contributed by atoms with E-state index in [2.05, 4.69) is 0 Å². The minimum absolute atomic E-state index is 0.0301. The Labute approximate surface area is 107 Å². The summed E-state index contributed by atoms with van der Waals surface area (Å²) in [6.45, 7) is 1.93. The first-order valence-electron chi connectivity index (χ1n) is 6.02. The molecule has 0 amide bonds. The minimum atomic E-state index is -3.56. The van der Waals surface area contributed by atoms with E-state index in [-0.39, 0.29) is 12.6 Å². The number of hydrogen-bond donors (Lipinski definition) is 0. The number of nitriles is 1. The van der Waals surface area contributed by atoms with Crippen LogP contribution in [0, 0.1) is 11.3 Å². The van der Waals surface area contributed by atoms with E-state index in [0.717, 1.165) is 12.8 Å². The smallest absolute Gasteiger partial charge is 0.231 e. The van der Waals surface area contributed by atoms with Gasteiger partial charge in [-0.15, -0.1) is 0 Å². The molecule has 0 aliphatic heterocycles. The third kappa shape index (κ3) is 2.57. The van der Waals surface area contributed by atoms with Crippen molar-refractivity contribution in [3.8, 4) is 6.07 Å². The monoisotopic (exact) mass is 268 g/mol. The third-order valence-electron chi connectivity index (χ3n) is 3.05. The predicted octanol–water partition coefficient (Wildman–Crippen LogP) is 1.88. The Morgan fingerprint density at radius 1 is 1.61 bits per heavy atom. The number of hydrogen-bond acceptors (Lipinski definition) is 4. The van der Waals surface area contributed by atoms with Crippen LogP contribution in [0.2, 0.25) is 0 Å². The summed E-state index contributed by atoms with van der Waals surface area (Å²) in [6.07, 6.45) is 3.55. The summed E-state index contributed by atoms with van der Waals surface area (Å²) >= 11 is 0. The quantitative estimate of drug-likeness (QED) is 0.789. The van der Waals surface area contributed by atoms with Gasteiger partial charge in [0.25, 0.3) is 0 Å². The van der Waals surface area contributed by atoms with Crippen molar-refractivity contribution >= 4 is 10.0 Å². The summed E-state index contributed by atoms with van der Waals surface area (Å²) < 4.78 is 31.3. The largest absolute Gasteiger partial charge is 0.468 e. The molecule has 18 heavy (non-hydrogen) atoms. The lowest BCUT2D eigenvalue weighted by Gasteiger charge is -2.23. The lowest BCUT2D eigenvalue weighted by Crippen LogP contribution is -2.39. The van der Waals surface area contributed by atoms with E-state index in [4.69, 9.17) is 9.68 Å². The van der Waals surface area contributed by atoms with Crippen molar-refractivity contribution in [2.24, 2.45) is 0 Å². The van der Waals surface area contributed by atoms with Crippen LogP contribution in [0.3, 0.4) is 0 Å². The van der Waals surface area contributed by atoms with Crippen LogP contribution >= 0.6 is 0 Å². The van der Waals surface area contributed by atoms with E-state index in [0.29, 0.717) is 12.2 Å². The molecule has 1 saturated carbocycles. The summed E-state index contributed by atoms with van der Waals surface area (Å²) in [5, 5.41) is 7.99. The third-order valence-corrected chi connectivity index (χ3v) is 5.29. The normalized spacial score (nSPS) is 17.6. The van der Waals surface area contributed by atoms with Gasteiger partial charge in [0.15, 0.2) is 5.25 Å². The van der Waals surface area contributed by atoms with E-state index in [9.17, 15) is 8.42 Å². The zero-order valence-corrected chi connectivity index (χ0v) is 11.1. The van der Waals surface area contributed by atoms with Gasteiger partial charge in [0.2, 0.25) is 10.0 Å². The highest BCUT2D eigenvalue weighted by Crippen LogP contribution is 2.32. The van der Waals surface area contributed by atoms with Gasteiger partial charge in [0.1, 0.15) is 5.76 Å². The van der Waals surface area contributed by atoms with Crippen LogP contribution in [0.25, 0.3) is 0 Å². The fraction of sp³-hybridized carbons (Fsp3) is 0.583. The second-order valence-corrected chi connectivity index (χ2v) is 6.49. The summed E-state index contributed by atoms with van der Waals surface area (Å²) in [7, 11) is -3.56. The van der Waals surface area contributed by atoms with Crippen molar-refractivity contribution in [3.63, 3.8) is 0 Å². The molecule has 1 fully saturated rings. The molecule has 1 unspecified atom stereocenters. The molecule has 1 aliphatic rings. The molecule has 0 radical (unpaired) electrons. The number of furan rings is 1. The van der Waals surface area contributed by atoms with Crippen LogP contribution in [0.5, 0.6) is 0 Å². The molecular formula is C12H16N2O3S. The van der Waals surface area contributed by atoms with Gasteiger partial charge in [-0.1, -0.05) is 6.92 Å². The van der Waals surface area contributed by atoms with E-state index < -0.39 is 15.3 Å². The highest BCUT2D eigenvalue weighted by molar-refractivity contribution is 7.90. The van der Waals surface area contributed by atoms with Crippen LogP contribution in [-0.4, -0.2) is 24.0 Å². The first kappa shape index (κ1) is 13.1. The zero-order valence-electron chi connectivity index (χ0n) is 10.2. The lowest BCUT2D eigenvalue weighted by molar-refractivity contribution is 0.354. The van der Waals surface area contributed by atoms with E-state index >= 15 is 0 Å². The maximum atomic E-state index is 12.4. The molecule has 1 aromatic heterocycles. The van der Waals surface area contributed by atoms with Crippen molar-refractivity contribution in [1.82, 2.24) is 4.31 Å². The fourth-order valence-electron chi connectivity index (χ4n) is 1.88. The fourth-order valence-corrected chi connectivity index (χ4v) is 3.69. The van der Waals surface area contributed by atoms with Crippen molar-refractivity contribution < 1.29 is 12.8 Å².